The summed E-state index contributed by atoms with van der Waals surface area (Å²) >= 11 is 0. The lowest BCUT2D eigenvalue weighted by atomic mass is 10.1. The molecular weight excluding hydrogens is 853 g/mol. The zero-order valence-corrected chi connectivity index (χ0v) is 44.3. The summed E-state index contributed by atoms with van der Waals surface area (Å²) < 4.78 is 16.8. The van der Waals surface area contributed by atoms with E-state index in [-0.39, 0.29) is 37.5 Å². The summed E-state index contributed by atoms with van der Waals surface area (Å²) in [4.78, 5) is 38.0. The summed E-state index contributed by atoms with van der Waals surface area (Å²) in [5, 5.41) is 0. The van der Waals surface area contributed by atoms with Gasteiger partial charge >= 0.3 is 17.9 Å². The number of hydrogen-bond acceptors (Lipinski definition) is 6. The van der Waals surface area contributed by atoms with Crippen LogP contribution in [0.3, 0.4) is 0 Å². The van der Waals surface area contributed by atoms with Crippen molar-refractivity contribution in [2.45, 2.75) is 232 Å². The molecule has 0 aliphatic rings. The van der Waals surface area contributed by atoms with Crippen LogP contribution in [0, 0.1) is 0 Å². The highest BCUT2D eigenvalue weighted by atomic mass is 16.6. The lowest BCUT2D eigenvalue weighted by Gasteiger charge is -2.18. The first kappa shape index (κ1) is 64.5. The Bertz CT molecular complexity index is 1510. The minimum Gasteiger partial charge on any atom is -0.462 e. The molecule has 0 radical (unpaired) electrons. The van der Waals surface area contributed by atoms with Crippen molar-refractivity contribution in [3.05, 3.63) is 134 Å². The average molecular weight is 953 g/mol. The molecule has 69 heavy (non-hydrogen) atoms. The Kier molecular flexibility index (Phi) is 52.5. The van der Waals surface area contributed by atoms with Gasteiger partial charge in [-0.05, 0) is 135 Å². The Morgan fingerprint density at radius 3 is 0.913 bits per heavy atom. The number of carbonyl (C=O) groups excluding carboxylic acids is 3. The van der Waals surface area contributed by atoms with E-state index in [2.05, 4.69) is 154 Å². The Balaban J connectivity index is 4.45. The summed E-state index contributed by atoms with van der Waals surface area (Å²) in [7, 11) is 0. The molecule has 0 N–H and O–H groups in total. The normalized spacial score (nSPS) is 13.1. The second-order valence-corrected chi connectivity index (χ2v) is 17.7. The molecule has 0 rings (SSSR count). The van der Waals surface area contributed by atoms with Crippen molar-refractivity contribution < 1.29 is 28.6 Å². The lowest BCUT2D eigenvalue weighted by Crippen LogP contribution is -2.30. The van der Waals surface area contributed by atoms with Crippen LogP contribution in [0.5, 0.6) is 0 Å². The van der Waals surface area contributed by atoms with Crippen molar-refractivity contribution in [3.63, 3.8) is 0 Å². The van der Waals surface area contributed by atoms with Crippen LogP contribution < -0.4 is 0 Å². The van der Waals surface area contributed by atoms with Gasteiger partial charge in [0.1, 0.15) is 13.2 Å². The van der Waals surface area contributed by atoms with Gasteiger partial charge in [-0.15, -0.1) is 0 Å². The summed E-state index contributed by atoms with van der Waals surface area (Å²) in [5.41, 5.74) is 0. The van der Waals surface area contributed by atoms with Gasteiger partial charge in [0.15, 0.2) is 6.10 Å². The van der Waals surface area contributed by atoms with Gasteiger partial charge < -0.3 is 14.2 Å². The summed E-state index contributed by atoms with van der Waals surface area (Å²) in [5.74, 6) is -0.989. The minimum absolute atomic E-state index is 0.109. The fraction of sp³-hybridized carbons (Fsp3) is 0.603. The smallest absolute Gasteiger partial charge is 0.306 e. The van der Waals surface area contributed by atoms with E-state index in [4.69, 9.17) is 14.2 Å². The number of allylic oxidation sites excluding steroid dienone is 22. The molecule has 0 bridgehead atoms. The molecular formula is C63H100O6. The van der Waals surface area contributed by atoms with Crippen LogP contribution in [0.15, 0.2) is 134 Å². The van der Waals surface area contributed by atoms with Gasteiger partial charge in [-0.2, -0.15) is 0 Å². The van der Waals surface area contributed by atoms with Gasteiger partial charge in [0.05, 0.1) is 0 Å². The highest BCUT2D eigenvalue weighted by molar-refractivity contribution is 5.71. The van der Waals surface area contributed by atoms with Crippen molar-refractivity contribution in [2.24, 2.45) is 0 Å². The zero-order chi connectivity index (χ0) is 50.0. The van der Waals surface area contributed by atoms with E-state index in [1.807, 2.05) is 0 Å². The topological polar surface area (TPSA) is 78.9 Å². The first-order valence-electron chi connectivity index (χ1n) is 27.7. The van der Waals surface area contributed by atoms with E-state index >= 15 is 0 Å². The molecule has 0 aromatic heterocycles. The third kappa shape index (κ3) is 54.4. The largest absolute Gasteiger partial charge is 0.462 e. The van der Waals surface area contributed by atoms with E-state index in [0.717, 1.165) is 148 Å². The molecule has 6 heteroatoms. The van der Waals surface area contributed by atoms with E-state index in [0.29, 0.717) is 12.8 Å². The molecule has 0 aliphatic carbocycles. The van der Waals surface area contributed by atoms with Crippen molar-refractivity contribution in [2.75, 3.05) is 13.2 Å². The van der Waals surface area contributed by atoms with Gasteiger partial charge in [-0.25, -0.2) is 0 Å². The van der Waals surface area contributed by atoms with Crippen LogP contribution in [0.25, 0.3) is 0 Å². The number of hydrogen-bond donors (Lipinski definition) is 0. The molecule has 0 heterocycles. The predicted molar refractivity (Wildman–Crippen MR) is 297 cm³/mol. The molecule has 0 fully saturated rings. The average Bonchev–Trinajstić information content (AvgIpc) is 3.35. The van der Waals surface area contributed by atoms with Crippen LogP contribution in [0.4, 0.5) is 0 Å². The monoisotopic (exact) mass is 953 g/mol. The van der Waals surface area contributed by atoms with Gasteiger partial charge in [0, 0.05) is 19.3 Å². The number of rotatable bonds is 48. The molecule has 1 unspecified atom stereocenters. The van der Waals surface area contributed by atoms with Crippen LogP contribution in [0.1, 0.15) is 226 Å². The molecule has 0 amide bonds. The summed E-state index contributed by atoms with van der Waals surface area (Å²) in [6, 6.07) is 0. The van der Waals surface area contributed by atoms with Crippen molar-refractivity contribution in [3.8, 4) is 0 Å². The summed E-state index contributed by atoms with van der Waals surface area (Å²) in [6.45, 7) is 6.32. The third-order valence-corrected chi connectivity index (χ3v) is 11.1. The van der Waals surface area contributed by atoms with Crippen LogP contribution in [-0.2, 0) is 28.6 Å². The second kappa shape index (κ2) is 56.1. The standard InChI is InChI=1S/C63H100O6/c1-4-7-10-13-16-19-22-25-26-27-28-29-30-31-32-33-34-35-36-39-41-44-47-50-53-56-62(65)68-59-60(69-63(66)57-54-51-48-45-42-38-24-21-18-15-12-9-6-3)58-67-61(64)55-52-49-46-43-40-37-23-20-17-14-11-8-5-2/h7,9-10,12,16,18-21,23,25-26,28-29,31-32,34-35,38-39,41-42,60H,4-6,8,11,13-15,17,22,24,27,30,33,36-37,40,43-59H2,1-3H3/b10-7-,12-9-,19-16-,21-18-,23-20-,26-25-,29-28-,32-31-,35-34-,41-39-,42-38-. The van der Waals surface area contributed by atoms with Crippen molar-refractivity contribution in [1.29, 1.82) is 0 Å². The van der Waals surface area contributed by atoms with Gasteiger partial charge in [0.25, 0.3) is 0 Å². The molecule has 388 valence electrons. The number of carbonyl (C=O) groups is 3. The van der Waals surface area contributed by atoms with E-state index < -0.39 is 6.10 Å². The predicted octanol–water partition coefficient (Wildman–Crippen LogP) is 18.6. The lowest BCUT2D eigenvalue weighted by molar-refractivity contribution is -0.167. The first-order chi connectivity index (χ1) is 34.0. The molecule has 6 nitrogen and oxygen atoms in total. The molecule has 0 aliphatic heterocycles. The number of unbranched alkanes of at least 4 members (excludes halogenated alkanes) is 15. The number of ether oxygens (including phenoxy) is 3. The Hall–Kier alpha value is -4.45. The molecule has 1 atom stereocenters. The maximum Gasteiger partial charge on any atom is 0.306 e. The van der Waals surface area contributed by atoms with Crippen LogP contribution in [0.2, 0.25) is 0 Å². The zero-order valence-electron chi connectivity index (χ0n) is 44.3. The fourth-order valence-corrected chi connectivity index (χ4v) is 7.02. The maximum absolute atomic E-state index is 12.8. The molecule has 0 aromatic rings. The van der Waals surface area contributed by atoms with Gasteiger partial charge in [0.2, 0.25) is 0 Å². The van der Waals surface area contributed by atoms with Gasteiger partial charge in [-0.1, -0.05) is 206 Å². The summed E-state index contributed by atoms with van der Waals surface area (Å²) in [6.07, 6.45) is 78.7. The third-order valence-electron chi connectivity index (χ3n) is 11.1. The van der Waals surface area contributed by atoms with Crippen molar-refractivity contribution in [1.82, 2.24) is 0 Å². The van der Waals surface area contributed by atoms with Gasteiger partial charge in [-0.3, -0.25) is 14.4 Å². The molecule has 0 saturated carbocycles. The highest BCUT2D eigenvalue weighted by Crippen LogP contribution is 2.12. The van der Waals surface area contributed by atoms with E-state index in [1.165, 1.54) is 38.5 Å². The molecule has 0 spiro atoms. The Labute approximate surface area is 424 Å². The van der Waals surface area contributed by atoms with E-state index in [9.17, 15) is 14.4 Å². The number of esters is 3. The van der Waals surface area contributed by atoms with Crippen LogP contribution >= 0.6 is 0 Å². The fourth-order valence-electron chi connectivity index (χ4n) is 7.02. The second-order valence-electron chi connectivity index (χ2n) is 17.7. The molecule has 0 aromatic carbocycles. The van der Waals surface area contributed by atoms with Crippen LogP contribution in [-0.4, -0.2) is 37.2 Å². The maximum atomic E-state index is 12.8. The Morgan fingerprint density at radius 2 is 0.565 bits per heavy atom. The minimum atomic E-state index is -0.815. The first-order valence-corrected chi connectivity index (χ1v) is 27.7. The van der Waals surface area contributed by atoms with Crippen molar-refractivity contribution >= 4 is 17.9 Å². The SMILES string of the molecule is CC/C=C\C/C=C\C/C=C\C/C=C\C/C=C\C/C=C\C/C=C\CCCCCC(=O)OCC(COC(=O)CCCCCCC/C=C\CCCCCC)OC(=O)CCCCC/C=C\C/C=C\C/C=C\CC. The Morgan fingerprint density at radius 1 is 0.304 bits per heavy atom. The van der Waals surface area contributed by atoms with E-state index in [1.54, 1.807) is 0 Å². The highest BCUT2D eigenvalue weighted by Gasteiger charge is 2.19. The quantitative estimate of drug-likeness (QED) is 0.0262. The molecule has 0 saturated heterocycles.